The van der Waals surface area contributed by atoms with Crippen LogP contribution in [-0.2, 0) is 19.3 Å². The average Bonchev–Trinajstić information content (AvgIpc) is 3.07. The van der Waals surface area contributed by atoms with Crippen molar-refractivity contribution < 1.29 is 0 Å². The molecule has 4 heterocycles. The molecule has 0 aliphatic carbocycles. The Hall–Kier alpha value is -3.71. The van der Waals surface area contributed by atoms with E-state index in [0.29, 0.717) is 29.9 Å². The highest BCUT2D eigenvalue weighted by Gasteiger charge is 2.16. The Bertz CT molecular complexity index is 1320. The van der Waals surface area contributed by atoms with Gasteiger partial charge >= 0.3 is 0 Å². The van der Waals surface area contributed by atoms with E-state index in [4.69, 9.17) is 4.98 Å². The van der Waals surface area contributed by atoms with Crippen molar-refractivity contribution in [3.8, 4) is 11.5 Å². The van der Waals surface area contributed by atoms with Crippen LogP contribution in [0.25, 0.3) is 11.5 Å². The van der Waals surface area contributed by atoms with Crippen LogP contribution < -0.4 is 5.32 Å². The first-order valence-corrected chi connectivity index (χ1v) is 12.2. The molecule has 1 aromatic carbocycles. The predicted octanol–water partition coefficient (Wildman–Crippen LogP) is 4.78. The molecule has 0 amide bonds. The first-order chi connectivity index (χ1) is 17.0. The zero-order valence-corrected chi connectivity index (χ0v) is 20.6. The number of aromatic nitrogens is 5. The monoisotopic (exact) mass is 465 g/mol. The zero-order valence-electron chi connectivity index (χ0n) is 20.6. The summed E-state index contributed by atoms with van der Waals surface area (Å²) in [7, 11) is 0. The summed E-state index contributed by atoms with van der Waals surface area (Å²) in [5, 5.41) is 3.29. The zero-order chi connectivity index (χ0) is 24.2. The van der Waals surface area contributed by atoms with Crippen molar-refractivity contribution in [1.29, 1.82) is 0 Å². The summed E-state index contributed by atoms with van der Waals surface area (Å²) in [5.74, 6) is 2.73. The van der Waals surface area contributed by atoms with Gasteiger partial charge in [-0.3, -0.25) is 0 Å². The molecule has 0 saturated heterocycles. The summed E-state index contributed by atoms with van der Waals surface area (Å²) in [4.78, 5) is 25.3. The second kappa shape index (κ2) is 10.3. The number of hydrogen-bond donors (Lipinski definition) is 1. The molecule has 0 fully saturated rings. The molecule has 0 spiro atoms. The fraction of sp³-hybridized carbons (Fsp3) is 0.321. The van der Waals surface area contributed by atoms with Gasteiger partial charge in [0.15, 0.2) is 5.82 Å². The van der Waals surface area contributed by atoms with Gasteiger partial charge in [-0.1, -0.05) is 24.3 Å². The second-order valence-electron chi connectivity index (χ2n) is 9.32. The van der Waals surface area contributed by atoms with E-state index in [1.54, 1.807) is 12.4 Å². The molecule has 5 rings (SSSR count). The van der Waals surface area contributed by atoms with Gasteiger partial charge in [-0.05, 0) is 74.6 Å². The van der Waals surface area contributed by atoms with E-state index in [9.17, 15) is 0 Å². The fourth-order valence-electron chi connectivity index (χ4n) is 4.51. The Morgan fingerprint density at radius 2 is 1.63 bits per heavy atom. The van der Waals surface area contributed by atoms with Crippen LogP contribution in [0.15, 0.2) is 60.9 Å². The van der Waals surface area contributed by atoms with Crippen molar-refractivity contribution in [3.05, 3.63) is 89.1 Å². The number of anilines is 2. The lowest BCUT2D eigenvalue weighted by atomic mass is 9.99. The summed E-state index contributed by atoms with van der Waals surface area (Å²) < 4.78 is 0. The van der Waals surface area contributed by atoms with Crippen molar-refractivity contribution in [2.24, 2.45) is 0 Å². The molecule has 0 radical (unpaired) electrons. The van der Waals surface area contributed by atoms with Crippen LogP contribution in [0.4, 0.5) is 11.6 Å². The molecule has 3 aromatic heterocycles. The standard InChI is InChI=1S/C28H31N7/c1-19(2)35-15-11-22-8-7-21(17-23(22)12-16-35)18-27-29-13-9-25(33-27)32-26-10-14-30-28(34-26)24-6-4-5-20(3)31-24/h4-10,13-14,17,19H,11-12,15-16,18H2,1-3H3,(H,29,30,32,33,34). The van der Waals surface area contributed by atoms with Gasteiger partial charge < -0.3 is 10.2 Å². The van der Waals surface area contributed by atoms with Gasteiger partial charge in [0, 0.05) is 43.6 Å². The Labute approximate surface area is 206 Å². The molecule has 1 N–H and O–H groups in total. The molecule has 0 unspecified atom stereocenters. The molecule has 0 saturated carbocycles. The van der Waals surface area contributed by atoms with Crippen molar-refractivity contribution in [2.45, 2.75) is 46.1 Å². The second-order valence-corrected chi connectivity index (χ2v) is 9.32. The number of aryl methyl sites for hydroxylation is 1. The van der Waals surface area contributed by atoms with Crippen LogP contribution in [0.2, 0.25) is 0 Å². The first kappa shape index (κ1) is 23.1. The molecule has 0 bridgehead atoms. The summed E-state index contributed by atoms with van der Waals surface area (Å²) in [6.07, 6.45) is 6.42. The summed E-state index contributed by atoms with van der Waals surface area (Å²) in [6, 6.07) is 17.0. The number of rotatable bonds is 6. The van der Waals surface area contributed by atoms with Crippen LogP contribution in [0, 0.1) is 6.92 Å². The van der Waals surface area contributed by atoms with Crippen molar-refractivity contribution in [1.82, 2.24) is 29.8 Å². The SMILES string of the molecule is Cc1cccc(-c2nccc(Nc3ccnc(Cc4ccc5c(c4)CCN(C(C)C)CC5)n3)n2)n1. The lowest BCUT2D eigenvalue weighted by Gasteiger charge is -2.23. The Morgan fingerprint density at radius 1 is 0.857 bits per heavy atom. The molecule has 178 valence electrons. The van der Waals surface area contributed by atoms with Gasteiger partial charge in [0.2, 0.25) is 0 Å². The largest absolute Gasteiger partial charge is 0.325 e. The molecule has 1 aliphatic rings. The number of nitrogens with one attached hydrogen (secondary N) is 1. The van der Waals surface area contributed by atoms with E-state index in [1.165, 1.54) is 16.7 Å². The highest BCUT2D eigenvalue weighted by Crippen LogP contribution is 2.21. The molecule has 7 heteroatoms. The summed E-state index contributed by atoms with van der Waals surface area (Å²) in [5.41, 5.74) is 5.85. The number of nitrogens with zero attached hydrogens (tertiary/aromatic N) is 6. The van der Waals surface area contributed by atoms with Crippen LogP contribution >= 0.6 is 0 Å². The van der Waals surface area contributed by atoms with Crippen LogP contribution in [0.1, 0.15) is 42.1 Å². The minimum absolute atomic E-state index is 0.578. The third-order valence-corrected chi connectivity index (χ3v) is 6.43. The maximum absolute atomic E-state index is 4.74. The Kier molecular flexibility index (Phi) is 6.77. The van der Waals surface area contributed by atoms with E-state index >= 15 is 0 Å². The van der Waals surface area contributed by atoms with E-state index in [2.05, 4.69) is 62.2 Å². The summed E-state index contributed by atoms with van der Waals surface area (Å²) >= 11 is 0. The number of benzene rings is 1. The van der Waals surface area contributed by atoms with Gasteiger partial charge in [-0.25, -0.2) is 24.9 Å². The minimum Gasteiger partial charge on any atom is -0.325 e. The van der Waals surface area contributed by atoms with Crippen molar-refractivity contribution >= 4 is 11.6 Å². The van der Waals surface area contributed by atoms with Gasteiger partial charge in [0.05, 0.1) is 0 Å². The summed E-state index contributed by atoms with van der Waals surface area (Å²) in [6.45, 7) is 8.76. The van der Waals surface area contributed by atoms with Crippen LogP contribution in [0.5, 0.6) is 0 Å². The lowest BCUT2D eigenvalue weighted by molar-refractivity contribution is 0.233. The molecule has 4 aromatic rings. The van der Waals surface area contributed by atoms with Gasteiger partial charge in [-0.15, -0.1) is 0 Å². The van der Waals surface area contributed by atoms with Gasteiger partial charge in [0.1, 0.15) is 23.2 Å². The highest BCUT2D eigenvalue weighted by molar-refractivity contribution is 5.56. The van der Waals surface area contributed by atoms with Gasteiger partial charge in [0.25, 0.3) is 0 Å². The van der Waals surface area contributed by atoms with Crippen LogP contribution in [0.3, 0.4) is 0 Å². The maximum Gasteiger partial charge on any atom is 0.180 e. The topological polar surface area (TPSA) is 79.7 Å². The Balaban J connectivity index is 1.30. The highest BCUT2D eigenvalue weighted by atomic mass is 15.1. The molecule has 35 heavy (non-hydrogen) atoms. The van der Waals surface area contributed by atoms with E-state index < -0.39 is 0 Å². The lowest BCUT2D eigenvalue weighted by Crippen LogP contribution is -2.32. The smallest absolute Gasteiger partial charge is 0.180 e. The molecule has 0 atom stereocenters. The first-order valence-electron chi connectivity index (χ1n) is 12.2. The van der Waals surface area contributed by atoms with Crippen molar-refractivity contribution in [3.63, 3.8) is 0 Å². The Morgan fingerprint density at radius 3 is 2.43 bits per heavy atom. The number of fused-ring (bicyclic) bond motifs is 1. The third-order valence-electron chi connectivity index (χ3n) is 6.43. The maximum atomic E-state index is 4.74. The van der Waals surface area contributed by atoms with Gasteiger partial charge in [-0.2, -0.15) is 0 Å². The third kappa shape index (κ3) is 5.69. The average molecular weight is 466 g/mol. The van der Waals surface area contributed by atoms with E-state index in [0.717, 1.165) is 43.1 Å². The molecule has 7 nitrogen and oxygen atoms in total. The van der Waals surface area contributed by atoms with E-state index in [1.807, 2.05) is 37.3 Å². The predicted molar refractivity (Wildman–Crippen MR) is 139 cm³/mol. The van der Waals surface area contributed by atoms with Crippen molar-refractivity contribution in [2.75, 3.05) is 18.4 Å². The van der Waals surface area contributed by atoms with Crippen LogP contribution in [-0.4, -0.2) is 49.0 Å². The molecule has 1 aliphatic heterocycles. The molecular formula is C28H31N7. The number of hydrogen-bond acceptors (Lipinski definition) is 7. The molecular weight excluding hydrogens is 434 g/mol. The normalized spacial score (nSPS) is 13.9. The van der Waals surface area contributed by atoms with E-state index in [-0.39, 0.29) is 0 Å². The minimum atomic E-state index is 0.578. The number of pyridine rings is 1. The fourth-order valence-corrected chi connectivity index (χ4v) is 4.51. The quantitative estimate of drug-likeness (QED) is 0.439.